The lowest BCUT2D eigenvalue weighted by Gasteiger charge is -2.23. The van der Waals surface area contributed by atoms with Crippen LogP contribution in [0.2, 0.25) is 0 Å². The number of amides is 1. The molecule has 1 aromatic rings. The fourth-order valence-corrected chi connectivity index (χ4v) is 2.19. The third-order valence-corrected chi connectivity index (χ3v) is 3.41. The van der Waals surface area contributed by atoms with Gasteiger partial charge in [-0.25, -0.2) is 13.6 Å². The van der Waals surface area contributed by atoms with Gasteiger partial charge < -0.3 is 15.4 Å². The molecule has 0 spiro atoms. The van der Waals surface area contributed by atoms with Gasteiger partial charge in [0.05, 0.1) is 0 Å². The summed E-state index contributed by atoms with van der Waals surface area (Å²) in [7, 11) is 0. The Labute approximate surface area is 143 Å². The molecule has 24 heavy (non-hydrogen) atoms. The largest absolute Gasteiger partial charge is 0.444 e. The minimum absolute atomic E-state index is 0.0415. The average Bonchev–Trinajstić information content (AvgIpc) is 2.48. The molecule has 0 aliphatic rings. The zero-order valence-electron chi connectivity index (χ0n) is 14.9. The summed E-state index contributed by atoms with van der Waals surface area (Å²) >= 11 is 0. The van der Waals surface area contributed by atoms with E-state index in [1.54, 1.807) is 26.8 Å². The first-order chi connectivity index (χ1) is 11.2. The molecule has 1 rings (SSSR count). The van der Waals surface area contributed by atoms with E-state index in [-0.39, 0.29) is 18.2 Å². The zero-order valence-corrected chi connectivity index (χ0v) is 14.9. The Morgan fingerprint density at radius 3 is 2.62 bits per heavy atom. The molecule has 4 nitrogen and oxygen atoms in total. The van der Waals surface area contributed by atoms with Crippen LogP contribution in [0.25, 0.3) is 0 Å². The topological polar surface area (TPSA) is 50.4 Å². The Kier molecular flexibility index (Phi) is 8.11. The van der Waals surface area contributed by atoms with Gasteiger partial charge in [0.2, 0.25) is 0 Å². The summed E-state index contributed by atoms with van der Waals surface area (Å²) in [6.45, 7) is 8.04. The van der Waals surface area contributed by atoms with Gasteiger partial charge in [0, 0.05) is 24.7 Å². The van der Waals surface area contributed by atoms with Gasteiger partial charge in [0.1, 0.15) is 5.60 Å². The minimum Gasteiger partial charge on any atom is -0.444 e. The molecule has 0 heterocycles. The number of alkyl carbamates (subject to hydrolysis) is 1. The second kappa shape index (κ2) is 9.57. The van der Waals surface area contributed by atoms with Gasteiger partial charge in [-0.1, -0.05) is 31.9 Å². The highest BCUT2D eigenvalue weighted by molar-refractivity contribution is 5.67. The quantitative estimate of drug-likeness (QED) is 0.746. The lowest BCUT2D eigenvalue weighted by atomic mass is 10.1. The fraction of sp³-hybridized carbons (Fsp3) is 0.611. The second-order valence-electron chi connectivity index (χ2n) is 6.82. The van der Waals surface area contributed by atoms with Crippen molar-refractivity contribution in [2.24, 2.45) is 0 Å². The maximum absolute atomic E-state index is 13.7. The molecular weight excluding hydrogens is 314 g/mol. The highest BCUT2D eigenvalue weighted by Gasteiger charge is 2.17. The summed E-state index contributed by atoms with van der Waals surface area (Å²) in [6.07, 6.45) is 2.32. The molecule has 0 fully saturated rings. The predicted octanol–water partition coefficient (Wildman–Crippen LogP) is 4.14. The molecule has 0 saturated heterocycles. The lowest BCUT2D eigenvalue weighted by Crippen LogP contribution is -2.42. The first-order valence-electron chi connectivity index (χ1n) is 8.36. The Morgan fingerprint density at radius 2 is 2.00 bits per heavy atom. The van der Waals surface area contributed by atoms with Crippen LogP contribution in [0.4, 0.5) is 13.6 Å². The Morgan fingerprint density at radius 1 is 1.29 bits per heavy atom. The number of unbranched alkanes of at least 4 members (excludes halogenated alkanes) is 1. The molecule has 1 unspecified atom stereocenters. The van der Waals surface area contributed by atoms with Gasteiger partial charge in [0.15, 0.2) is 11.6 Å². The molecule has 0 bridgehead atoms. The van der Waals surface area contributed by atoms with Crippen molar-refractivity contribution in [3.8, 4) is 0 Å². The molecule has 1 atom stereocenters. The molecule has 0 saturated carbocycles. The van der Waals surface area contributed by atoms with E-state index in [0.29, 0.717) is 6.54 Å². The molecule has 0 aromatic heterocycles. The number of ether oxygens (including phenoxy) is 1. The van der Waals surface area contributed by atoms with Crippen molar-refractivity contribution in [1.29, 1.82) is 0 Å². The summed E-state index contributed by atoms with van der Waals surface area (Å²) in [4.78, 5) is 11.7. The Bertz CT molecular complexity index is 530. The van der Waals surface area contributed by atoms with E-state index in [9.17, 15) is 13.6 Å². The van der Waals surface area contributed by atoms with E-state index < -0.39 is 23.3 Å². The standard InChI is InChI=1S/C18H28F2N2O2/c1-5-6-9-14(12-22-17(23)24-18(2,3)4)21-11-13-8-7-10-15(19)16(13)20/h7-8,10,14,21H,5-6,9,11-12H2,1-4H3,(H,22,23). The van der Waals surface area contributed by atoms with E-state index in [2.05, 4.69) is 17.6 Å². The number of carbonyl (C=O) groups excluding carboxylic acids is 1. The van der Waals surface area contributed by atoms with Crippen LogP contribution in [0.1, 0.15) is 52.5 Å². The van der Waals surface area contributed by atoms with Gasteiger partial charge >= 0.3 is 6.09 Å². The van der Waals surface area contributed by atoms with Crippen molar-refractivity contribution in [2.45, 2.75) is 65.1 Å². The van der Waals surface area contributed by atoms with E-state index in [4.69, 9.17) is 4.74 Å². The molecule has 6 heteroatoms. The predicted molar refractivity (Wildman–Crippen MR) is 90.7 cm³/mol. The van der Waals surface area contributed by atoms with Crippen molar-refractivity contribution >= 4 is 6.09 Å². The number of hydrogen-bond acceptors (Lipinski definition) is 3. The van der Waals surface area contributed by atoms with Gasteiger partial charge in [-0.3, -0.25) is 0 Å². The number of hydrogen-bond donors (Lipinski definition) is 2. The molecule has 0 radical (unpaired) electrons. The third-order valence-electron chi connectivity index (χ3n) is 3.41. The number of carbonyl (C=O) groups is 1. The minimum atomic E-state index is -0.855. The van der Waals surface area contributed by atoms with Crippen LogP contribution in [0, 0.1) is 11.6 Å². The average molecular weight is 342 g/mol. The van der Waals surface area contributed by atoms with Gasteiger partial charge in [-0.15, -0.1) is 0 Å². The van der Waals surface area contributed by atoms with E-state index in [1.165, 1.54) is 6.07 Å². The summed E-state index contributed by atoms with van der Waals surface area (Å²) in [5, 5.41) is 5.90. The molecule has 2 N–H and O–H groups in total. The number of nitrogens with one attached hydrogen (secondary N) is 2. The highest BCUT2D eigenvalue weighted by Crippen LogP contribution is 2.12. The molecule has 0 aliphatic carbocycles. The Balaban J connectivity index is 2.55. The van der Waals surface area contributed by atoms with E-state index in [0.717, 1.165) is 25.3 Å². The maximum atomic E-state index is 13.7. The van der Waals surface area contributed by atoms with Crippen molar-refractivity contribution in [3.63, 3.8) is 0 Å². The van der Waals surface area contributed by atoms with Crippen molar-refractivity contribution in [2.75, 3.05) is 6.54 Å². The van der Waals surface area contributed by atoms with E-state index in [1.807, 2.05) is 0 Å². The van der Waals surface area contributed by atoms with Gasteiger partial charge in [-0.2, -0.15) is 0 Å². The summed E-state index contributed by atoms with van der Waals surface area (Å²) < 4.78 is 32.1. The van der Waals surface area contributed by atoms with Gasteiger partial charge in [0.25, 0.3) is 0 Å². The maximum Gasteiger partial charge on any atom is 0.407 e. The van der Waals surface area contributed by atoms with Crippen LogP contribution >= 0.6 is 0 Å². The SMILES string of the molecule is CCCCC(CNC(=O)OC(C)(C)C)NCc1cccc(F)c1F. The molecular formula is C18H28F2N2O2. The molecule has 1 amide bonds. The van der Waals surface area contributed by atoms with Crippen LogP contribution < -0.4 is 10.6 Å². The highest BCUT2D eigenvalue weighted by atomic mass is 19.2. The van der Waals surface area contributed by atoms with Crippen LogP contribution in [-0.2, 0) is 11.3 Å². The normalized spacial score (nSPS) is 12.8. The monoisotopic (exact) mass is 342 g/mol. The molecule has 0 aliphatic heterocycles. The van der Waals surface area contributed by atoms with Crippen LogP contribution in [-0.4, -0.2) is 24.3 Å². The Hall–Kier alpha value is -1.69. The molecule has 136 valence electrons. The summed E-state index contributed by atoms with van der Waals surface area (Å²) in [5.41, 5.74) is -0.282. The summed E-state index contributed by atoms with van der Waals surface area (Å²) in [5.74, 6) is -1.69. The smallest absolute Gasteiger partial charge is 0.407 e. The van der Waals surface area contributed by atoms with Crippen molar-refractivity contribution in [1.82, 2.24) is 10.6 Å². The lowest BCUT2D eigenvalue weighted by molar-refractivity contribution is 0.0521. The zero-order chi connectivity index (χ0) is 18.2. The molecule has 1 aromatic carbocycles. The van der Waals surface area contributed by atoms with Crippen molar-refractivity contribution < 1.29 is 18.3 Å². The second-order valence-corrected chi connectivity index (χ2v) is 6.82. The van der Waals surface area contributed by atoms with Crippen LogP contribution in [0.5, 0.6) is 0 Å². The number of halogens is 2. The first-order valence-corrected chi connectivity index (χ1v) is 8.36. The third kappa shape index (κ3) is 7.73. The van der Waals surface area contributed by atoms with E-state index >= 15 is 0 Å². The fourth-order valence-electron chi connectivity index (χ4n) is 2.19. The van der Waals surface area contributed by atoms with Crippen LogP contribution in [0.15, 0.2) is 18.2 Å². The number of benzene rings is 1. The van der Waals surface area contributed by atoms with Crippen molar-refractivity contribution in [3.05, 3.63) is 35.4 Å². The summed E-state index contributed by atoms with van der Waals surface area (Å²) in [6, 6.07) is 4.08. The first kappa shape index (κ1) is 20.4. The number of rotatable bonds is 8. The van der Waals surface area contributed by atoms with Gasteiger partial charge in [-0.05, 0) is 33.3 Å². The van der Waals surface area contributed by atoms with Crippen LogP contribution in [0.3, 0.4) is 0 Å².